The summed E-state index contributed by atoms with van der Waals surface area (Å²) >= 11 is 0. The summed E-state index contributed by atoms with van der Waals surface area (Å²) in [6.45, 7) is 6.58. The number of halogens is 1. The lowest BCUT2D eigenvalue weighted by molar-refractivity contribution is 0.0266. The maximum absolute atomic E-state index is 13.1. The van der Waals surface area contributed by atoms with Gasteiger partial charge in [0.1, 0.15) is 5.82 Å². The summed E-state index contributed by atoms with van der Waals surface area (Å²) in [4.78, 5) is 0. The number of anilines is 2. The molecule has 0 fully saturated rings. The Morgan fingerprint density at radius 3 is 2.62 bits per heavy atom. The van der Waals surface area contributed by atoms with Crippen molar-refractivity contribution in [2.45, 2.75) is 33.0 Å². The van der Waals surface area contributed by atoms with E-state index in [1.165, 1.54) is 6.07 Å². The molecule has 0 radical (unpaired) electrons. The molecule has 0 bridgehead atoms. The number of hydrogen-bond acceptors (Lipinski definition) is 3. The molecular weight excluding hydrogens is 207 g/mol. The van der Waals surface area contributed by atoms with Crippen LogP contribution in [0.2, 0.25) is 0 Å². The second-order valence-corrected chi connectivity index (χ2v) is 4.11. The molecule has 1 atom stereocenters. The standard InChI is InChI=1S/C12H19FN2O/c1-8(2)16-9(3)7-15-10-4-5-12(14)11(13)6-10/h4-6,8-9,15H,7,14H2,1-3H3. The first-order chi connectivity index (χ1) is 7.49. The van der Waals surface area contributed by atoms with E-state index in [1.807, 2.05) is 20.8 Å². The number of nitrogens with one attached hydrogen (secondary N) is 1. The second kappa shape index (κ2) is 5.70. The molecule has 1 rings (SSSR count). The van der Waals surface area contributed by atoms with Gasteiger partial charge in [-0.2, -0.15) is 0 Å². The molecule has 0 spiro atoms. The molecule has 0 saturated carbocycles. The topological polar surface area (TPSA) is 47.3 Å². The first-order valence-corrected chi connectivity index (χ1v) is 5.43. The molecule has 90 valence electrons. The van der Waals surface area contributed by atoms with E-state index in [0.717, 1.165) is 0 Å². The molecule has 4 heteroatoms. The van der Waals surface area contributed by atoms with Crippen LogP contribution in [0.15, 0.2) is 18.2 Å². The van der Waals surface area contributed by atoms with Crippen LogP contribution < -0.4 is 11.1 Å². The van der Waals surface area contributed by atoms with Gasteiger partial charge in [-0.15, -0.1) is 0 Å². The Hall–Kier alpha value is -1.29. The second-order valence-electron chi connectivity index (χ2n) is 4.11. The van der Waals surface area contributed by atoms with E-state index in [4.69, 9.17) is 10.5 Å². The Balaban J connectivity index is 2.45. The van der Waals surface area contributed by atoms with Crippen molar-refractivity contribution in [3.05, 3.63) is 24.0 Å². The molecule has 16 heavy (non-hydrogen) atoms. The maximum atomic E-state index is 13.1. The van der Waals surface area contributed by atoms with Crippen molar-refractivity contribution >= 4 is 11.4 Å². The summed E-state index contributed by atoms with van der Waals surface area (Å²) in [6, 6.07) is 4.68. The fourth-order valence-corrected chi connectivity index (χ4v) is 1.41. The summed E-state index contributed by atoms with van der Waals surface area (Å²) < 4.78 is 18.7. The van der Waals surface area contributed by atoms with Gasteiger partial charge in [0.15, 0.2) is 0 Å². The van der Waals surface area contributed by atoms with Gasteiger partial charge in [-0.05, 0) is 39.0 Å². The highest BCUT2D eigenvalue weighted by atomic mass is 19.1. The molecule has 0 heterocycles. The van der Waals surface area contributed by atoms with Gasteiger partial charge in [0.05, 0.1) is 17.9 Å². The van der Waals surface area contributed by atoms with Crippen LogP contribution in [0.3, 0.4) is 0 Å². The van der Waals surface area contributed by atoms with E-state index in [9.17, 15) is 4.39 Å². The van der Waals surface area contributed by atoms with Gasteiger partial charge in [0.25, 0.3) is 0 Å². The third-order valence-corrected chi connectivity index (χ3v) is 2.10. The smallest absolute Gasteiger partial charge is 0.148 e. The van der Waals surface area contributed by atoms with Crippen LogP contribution in [0.4, 0.5) is 15.8 Å². The number of benzene rings is 1. The average molecular weight is 226 g/mol. The molecule has 0 aliphatic carbocycles. The Labute approximate surface area is 95.8 Å². The third kappa shape index (κ3) is 4.06. The van der Waals surface area contributed by atoms with Crippen molar-refractivity contribution < 1.29 is 9.13 Å². The maximum Gasteiger partial charge on any atom is 0.148 e. The zero-order chi connectivity index (χ0) is 12.1. The minimum atomic E-state index is -0.401. The monoisotopic (exact) mass is 226 g/mol. The molecule has 1 aromatic rings. The highest BCUT2D eigenvalue weighted by Crippen LogP contribution is 2.15. The molecule has 0 aliphatic heterocycles. The normalized spacial score (nSPS) is 12.8. The van der Waals surface area contributed by atoms with Crippen LogP contribution in [0, 0.1) is 5.82 Å². The quantitative estimate of drug-likeness (QED) is 0.759. The first kappa shape index (κ1) is 12.8. The van der Waals surface area contributed by atoms with E-state index >= 15 is 0 Å². The number of rotatable bonds is 5. The Bertz CT molecular complexity index is 342. The third-order valence-electron chi connectivity index (χ3n) is 2.10. The molecule has 1 aromatic carbocycles. The molecule has 0 aromatic heterocycles. The molecular formula is C12H19FN2O. The van der Waals surface area contributed by atoms with Gasteiger partial charge in [0.2, 0.25) is 0 Å². The fourth-order valence-electron chi connectivity index (χ4n) is 1.41. The highest BCUT2D eigenvalue weighted by molar-refractivity contribution is 5.52. The first-order valence-electron chi connectivity index (χ1n) is 5.43. The van der Waals surface area contributed by atoms with Crippen molar-refractivity contribution in [3.63, 3.8) is 0 Å². The predicted molar refractivity (Wildman–Crippen MR) is 65.0 cm³/mol. The number of nitrogens with two attached hydrogens (primary N) is 1. The van der Waals surface area contributed by atoms with E-state index < -0.39 is 5.82 Å². The van der Waals surface area contributed by atoms with Gasteiger partial charge in [-0.1, -0.05) is 0 Å². The van der Waals surface area contributed by atoms with E-state index in [0.29, 0.717) is 12.2 Å². The summed E-state index contributed by atoms with van der Waals surface area (Å²) in [6.07, 6.45) is 0.278. The molecule has 3 N–H and O–H groups in total. The minimum absolute atomic E-state index is 0.0839. The van der Waals surface area contributed by atoms with Crippen molar-refractivity contribution in [1.82, 2.24) is 0 Å². The van der Waals surface area contributed by atoms with E-state index in [-0.39, 0.29) is 17.9 Å². The van der Waals surface area contributed by atoms with Crippen LogP contribution in [0.1, 0.15) is 20.8 Å². The molecule has 0 saturated heterocycles. The van der Waals surface area contributed by atoms with Crippen molar-refractivity contribution in [2.24, 2.45) is 0 Å². The Morgan fingerprint density at radius 2 is 2.06 bits per heavy atom. The number of nitrogen functional groups attached to an aromatic ring is 1. The Morgan fingerprint density at radius 1 is 1.38 bits per heavy atom. The van der Waals surface area contributed by atoms with Crippen molar-refractivity contribution in [2.75, 3.05) is 17.6 Å². The van der Waals surface area contributed by atoms with Gasteiger partial charge in [-0.3, -0.25) is 0 Å². The van der Waals surface area contributed by atoms with Gasteiger partial charge in [-0.25, -0.2) is 4.39 Å². The summed E-state index contributed by atoms with van der Waals surface area (Å²) in [7, 11) is 0. The lowest BCUT2D eigenvalue weighted by Gasteiger charge is -2.17. The van der Waals surface area contributed by atoms with Gasteiger partial charge < -0.3 is 15.8 Å². The van der Waals surface area contributed by atoms with Crippen LogP contribution in [0.5, 0.6) is 0 Å². The molecule has 0 amide bonds. The van der Waals surface area contributed by atoms with E-state index in [2.05, 4.69) is 5.32 Å². The highest BCUT2D eigenvalue weighted by Gasteiger charge is 2.05. The largest absolute Gasteiger partial charge is 0.396 e. The van der Waals surface area contributed by atoms with Crippen LogP contribution in [-0.2, 0) is 4.74 Å². The average Bonchev–Trinajstić information content (AvgIpc) is 2.19. The zero-order valence-electron chi connectivity index (χ0n) is 9.96. The lowest BCUT2D eigenvalue weighted by Crippen LogP contribution is -2.23. The Kier molecular flexibility index (Phi) is 4.55. The van der Waals surface area contributed by atoms with Gasteiger partial charge >= 0.3 is 0 Å². The minimum Gasteiger partial charge on any atom is -0.396 e. The van der Waals surface area contributed by atoms with Crippen molar-refractivity contribution in [1.29, 1.82) is 0 Å². The van der Waals surface area contributed by atoms with Crippen LogP contribution in [-0.4, -0.2) is 18.8 Å². The van der Waals surface area contributed by atoms with Crippen LogP contribution >= 0.6 is 0 Å². The zero-order valence-corrected chi connectivity index (χ0v) is 9.96. The van der Waals surface area contributed by atoms with E-state index in [1.54, 1.807) is 12.1 Å². The molecule has 3 nitrogen and oxygen atoms in total. The summed E-state index contributed by atoms with van der Waals surface area (Å²) in [5, 5.41) is 3.10. The summed E-state index contributed by atoms with van der Waals surface area (Å²) in [5.74, 6) is -0.401. The summed E-state index contributed by atoms with van der Waals surface area (Å²) in [5.41, 5.74) is 6.26. The van der Waals surface area contributed by atoms with Crippen molar-refractivity contribution in [3.8, 4) is 0 Å². The molecule has 0 aliphatic rings. The number of ether oxygens (including phenoxy) is 1. The lowest BCUT2D eigenvalue weighted by atomic mass is 10.2. The fraction of sp³-hybridized carbons (Fsp3) is 0.500. The number of hydrogen-bond donors (Lipinski definition) is 2. The molecule has 1 unspecified atom stereocenters. The predicted octanol–water partition coefficient (Wildman–Crippen LogP) is 2.63. The van der Waals surface area contributed by atoms with Gasteiger partial charge in [0, 0.05) is 12.2 Å². The van der Waals surface area contributed by atoms with Crippen LogP contribution in [0.25, 0.3) is 0 Å². The SMILES string of the molecule is CC(C)OC(C)CNc1ccc(N)c(F)c1.